The number of carbonyl (C=O) groups excluding carboxylic acids is 2. The van der Waals surface area contributed by atoms with Gasteiger partial charge in [-0.15, -0.1) is 11.3 Å². The SMILES string of the molecule is NNC(=O)c1ccc(NC(=O)CSc2nc3ccccc3s2)cc1. The number of anilines is 1. The van der Waals surface area contributed by atoms with Crippen LogP contribution >= 0.6 is 23.1 Å². The van der Waals surface area contributed by atoms with Gasteiger partial charge in [-0.25, -0.2) is 10.8 Å². The molecule has 3 aromatic rings. The minimum Gasteiger partial charge on any atom is -0.325 e. The van der Waals surface area contributed by atoms with Crippen molar-refractivity contribution in [3.63, 3.8) is 0 Å². The van der Waals surface area contributed by atoms with Gasteiger partial charge < -0.3 is 5.32 Å². The maximum Gasteiger partial charge on any atom is 0.265 e. The summed E-state index contributed by atoms with van der Waals surface area (Å²) in [6, 6.07) is 14.4. The Morgan fingerprint density at radius 3 is 2.58 bits per heavy atom. The molecule has 1 aromatic heterocycles. The van der Waals surface area contributed by atoms with E-state index in [0.29, 0.717) is 11.3 Å². The highest BCUT2D eigenvalue weighted by Gasteiger charge is 2.09. The third-order valence-electron chi connectivity index (χ3n) is 3.16. The number of benzene rings is 2. The number of fused-ring (bicyclic) bond motifs is 1. The van der Waals surface area contributed by atoms with Gasteiger partial charge in [-0.05, 0) is 36.4 Å². The number of nitrogens with zero attached hydrogens (tertiary/aromatic N) is 1. The third kappa shape index (κ3) is 3.91. The Bertz CT molecular complexity index is 844. The Kier molecular flexibility index (Phi) is 5.09. The fourth-order valence-electron chi connectivity index (χ4n) is 2.03. The molecule has 0 aliphatic heterocycles. The van der Waals surface area contributed by atoms with E-state index in [4.69, 9.17) is 5.84 Å². The number of aromatic nitrogens is 1. The standard InChI is InChI=1S/C16H14N4O2S2/c17-20-15(22)10-5-7-11(8-6-10)18-14(21)9-23-16-19-12-3-1-2-4-13(12)24-16/h1-8H,9,17H2,(H,18,21)(H,20,22). The van der Waals surface area contributed by atoms with Crippen molar-refractivity contribution in [3.8, 4) is 0 Å². The van der Waals surface area contributed by atoms with E-state index < -0.39 is 0 Å². The van der Waals surface area contributed by atoms with Crippen LogP contribution < -0.4 is 16.6 Å². The summed E-state index contributed by atoms with van der Waals surface area (Å²) >= 11 is 2.97. The summed E-state index contributed by atoms with van der Waals surface area (Å²) in [7, 11) is 0. The number of rotatable bonds is 5. The van der Waals surface area contributed by atoms with Gasteiger partial charge in [0, 0.05) is 11.3 Å². The molecule has 122 valence electrons. The summed E-state index contributed by atoms with van der Waals surface area (Å²) in [5.41, 5.74) is 4.05. The Morgan fingerprint density at radius 1 is 1.12 bits per heavy atom. The van der Waals surface area contributed by atoms with Crippen molar-refractivity contribution in [2.24, 2.45) is 5.84 Å². The molecule has 2 aromatic carbocycles. The topological polar surface area (TPSA) is 97.1 Å². The molecule has 0 aliphatic carbocycles. The van der Waals surface area contributed by atoms with Crippen molar-refractivity contribution >= 4 is 50.8 Å². The highest BCUT2D eigenvalue weighted by molar-refractivity contribution is 8.01. The van der Waals surface area contributed by atoms with E-state index in [-0.39, 0.29) is 17.6 Å². The number of amides is 2. The van der Waals surface area contributed by atoms with E-state index in [0.717, 1.165) is 14.6 Å². The molecule has 6 nitrogen and oxygen atoms in total. The monoisotopic (exact) mass is 358 g/mol. The van der Waals surface area contributed by atoms with Gasteiger partial charge in [-0.1, -0.05) is 23.9 Å². The number of para-hydroxylation sites is 1. The van der Waals surface area contributed by atoms with Crippen LogP contribution in [0, 0.1) is 0 Å². The fraction of sp³-hybridized carbons (Fsp3) is 0.0625. The lowest BCUT2D eigenvalue weighted by atomic mass is 10.2. The van der Waals surface area contributed by atoms with Gasteiger partial charge in [-0.2, -0.15) is 0 Å². The molecule has 0 saturated heterocycles. The largest absolute Gasteiger partial charge is 0.325 e. The molecule has 0 saturated carbocycles. The van der Waals surface area contributed by atoms with Gasteiger partial charge in [0.05, 0.1) is 16.0 Å². The molecule has 3 rings (SSSR count). The van der Waals surface area contributed by atoms with E-state index in [2.05, 4.69) is 15.7 Å². The second-order valence-electron chi connectivity index (χ2n) is 4.84. The number of carbonyl (C=O) groups is 2. The first-order chi connectivity index (χ1) is 11.7. The molecule has 0 unspecified atom stereocenters. The number of nitrogens with one attached hydrogen (secondary N) is 2. The molecule has 8 heteroatoms. The number of thioether (sulfide) groups is 1. The van der Waals surface area contributed by atoms with Crippen LogP contribution in [0.25, 0.3) is 10.2 Å². The zero-order valence-electron chi connectivity index (χ0n) is 12.5. The van der Waals surface area contributed by atoms with Crippen molar-refractivity contribution in [1.29, 1.82) is 0 Å². The molecule has 0 atom stereocenters. The van der Waals surface area contributed by atoms with Gasteiger partial charge >= 0.3 is 0 Å². The zero-order chi connectivity index (χ0) is 16.9. The van der Waals surface area contributed by atoms with Crippen LogP contribution in [-0.2, 0) is 4.79 Å². The highest BCUT2D eigenvalue weighted by Crippen LogP contribution is 2.29. The first-order valence-corrected chi connectivity index (χ1v) is 8.85. The number of nitrogen functional groups attached to an aromatic ring is 1. The molecule has 1 heterocycles. The molecule has 0 spiro atoms. The van der Waals surface area contributed by atoms with Gasteiger partial charge in [0.25, 0.3) is 5.91 Å². The van der Waals surface area contributed by atoms with Gasteiger partial charge in [0.2, 0.25) is 5.91 Å². The predicted octanol–water partition coefficient (Wildman–Crippen LogP) is 2.63. The minimum atomic E-state index is -0.376. The number of hydrogen-bond acceptors (Lipinski definition) is 6. The first kappa shape index (κ1) is 16.4. The molecular formula is C16H14N4O2S2. The van der Waals surface area contributed by atoms with E-state index in [1.807, 2.05) is 24.3 Å². The normalized spacial score (nSPS) is 10.5. The van der Waals surface area contributed by atoms with Crippen LogP contribution in [0.5, 0.6) is 0 Å². The van der Waals surface area contributed by atoms with E-state index in [9.17, 15) is 9.59 Å². The molecule has 0 bridgehead atoms. The number of hydrazine groups is 1. The van der Waals surface area contributed by atoms with Crippen molar-refractivity contribution in [3.05, 3.63) is 54.1 Å². The smallest absolute Gasteiger partial charge is 0.265 e. The average molecular weight is 358 g/mol. The zero-order valence-corrected chi connectivity index (χ0v) is 14.1. The summed E-state index contributed by atoms with van der Waals surface area (Å²) in [5, 5.41) is 2.78. The van der Waals surface area contributed by atoms with Gasteiger partial charge in [0.15, 0.2) is 4.34 Å². The summed E-state index contributed by atoms with van der Waals surface area (Å²) in [5.74, 6) is 4.83. The number of thiazole rings is 1. The van der Waals surface area contributed by atoms with E-state index in [1.165, 1.54) is 11.8 Å². The Hall–Kier alpha value is -2.42. The summed E-state index contributed by atoms with van der Waals surface area (Å²) in [6.45, 7) is 0. The highest BCUT2D eigenvalue weighted by atomic mass is 32.2. The first-order valence-electron chi connectivity index (χ1n) is 7.05. The lowest BCUT2D eigenvalue weighted by Gasteiger charge is -2.05. The Balaban J connectivity index is 1.56. The second-order valence-corrected chi connectivity index (χ2v) is 7.09. The quantitative estimate of drug-likeness (QED) is 0.282. The molecule has 0 radical (unpaired) electrons. The van der Waals surface area contributed by atoms with E-state index >= 15 is 0 Å². The second kappa shape index (κ2) is 7.43. The van der Waals surface area contributed by atoms with Crippen LogP contribution in [-0.4, -0.2) is 22.6 Å². The Morgan fingerprint density at radius 2 is 1.88 bits per heavy atom. The van der Waals surface area contributed by atoms with Crippen molar-refractivity contribution < 1.29 is 9.59 Å². The number of hydrogen-bond donors (Lipinski definition) is 3. The van der Waals surface area contributed by atoms with Crippen LogP contribution in [0.4, 0.5) is 5.69 Å². The summed E-state index contributed by atoms with van der Waals surface area (Å²) < 4.78 is 1.97. The van der Waals surface area contributed by atoms with Crippen LogP contribution in [0.2, 0.25) is 0 Å². The third-order valence-corrected chi connectivity index (χ3v) is 5.34. The van der Waals surface area contributed by atoms with Crippen LogP contribution in [0.1, 0.15) is 10.4 Å². The van der Waals surface area contributed by atoms with Gasteiger partial charge in [-0.3, -0.25) is 15.0 Å². The lowest BCUT2D eigenvalue weighted by Crippen LogP contribution is -2.29. The molecule has 0 fully saturated rings. The van der Waals surface area contributed by atoms with Crippen LogP contribution in [0.3, 0.4) is 0 Å². The maximum atomic E-state index is 12.0. The summed E-state index contributed by atoms with van der Waals surface area (Å²) in [4.78, 5) is 27.8. The fourth-order valence-corrected chi connectivity index (χ4v) is 3.89. The van der Waals surface area contributed by atoms with Crippen molar-refractivity contribution in [2.75, 3.05) is 11.1 Å². The lowest BCUT2D eigenvalue weighted by molar-refractivity contribution is -0.113. The van der Waals surface area contributed by atoms with Crippen molar-refractivity contribution in [1.82, 2.24) is 10.4 Å². The average Bonchev–Trinajstić information content (AvgIpc) is 3.03. The molecule has 2 amide bonds. The predicted molar refractivity (Wildman–Crippen MR) is 97.1 cm³/mol. The molecule has 4 N–H and O–H groups in total. The molecule has 0 aliphatic rings. The van der Waals surface area contributed by atoms with E-state index in [1.54, 1.807) is 35.6 Å². The maximum absolute atomic E-state index is 12.0. The van der Waals surface area contributed by atoms with Crippen molar-refractivity contribution in [2.45, 2.75) is 4.34 Å². The number of nitrogens with two attached hydrogens (primary N) is 1. The van der Waals surface area contributed by atoms with Gasteiger partial charge in [0.1, 0.15) is 0 Å². The van der Waals surface area contributed by atoms with Crippen LogP contribution in [0.15, 0.2) is 52.9 Å². The molecule has 24 heavy (non-hydrogen) atoms. The summed E-state index contributed by atoms with van der Waals surface area (Å²) in [6.07, 6.45) is 0. The molecular weight excluding hydrogens is 344 g/mol. The minimum absolute atomic E-state index is 0.129. The Labute approximate surface area is 146 Å².